The first-order chi connectivity index (χ1) is 11.9. The Morgan fingerprint density at radius 3 is 2.42 bits per heavy atom. The Labute approximate surface area is 142 Å². The molecule has 1 aromatic heterocycles. The molecule has 0 saturated carbocycles. The summed E-state index contributed by atoms with van der Waals surface area (Å²) in [6, 6.07) is 9.87. The maximum Gasteiger partial charge on any atom is 0.257 e. The SMILES string of the molecule is c1ccc(OCCCCOc2nccnc2N2CCNCC2)cc1. The summed E-state index contributed by atoms with van der Waals surface area (Å²) in [6.45, 7) is 5.11. The summed E-state index contributed by atoms with van der Waals surface area (Å²) in [6.07, 6.45) is 5.26. The summed E-state index contributed by atoms with van der Waals surface area (Å²) in [4.78, 5) is 11.0. The summed E-state index contributed by atoms with van der Waals surface area (Å²) < 4.78 is 11.5. The van der Waals surface area contributed by atoms with E-state index in [0.29, 0.717) is 19.1 Å². The van der Waals surface area contributed by atoms with Crippen LogP contribution in [-0.4, -0.2) is 49.4 Å². The second-order valence-corrected chi connectivity index (χ2v) is 5.64. The van der Waals surface area contributed by atoms with E-state index in [4.69, 9.17) is 9.47 Å². The van der Waals surface area contributed by atoms with E-state index in [9.17, 15) is 0 Å². The summed E-state index contributed by atoms with van der Waals surface area (Å²) in [5.74, 6) is 2.39. The largest absolute Gasteiger partial charge is 0.494 e. The molecule has 0 bridgehead atoms. The Bertz CT molecular complexity index is 603. The maximum absolute atomic E-state index is 5.85. The molecular formula is C18H24N4O2. The van der Waals surface area contributed by atoms with Crippen molar-refractivity contribution in [1.82, 2.24) is 15.3 Å². The summed E-state index contributed by atoms with van der Waals surface area (Å²) in [5, 5.41) is 3.34. The molecule has 1 aliphatic rings. The minimum absolute atomic E-state index is 0.621. The van der Waals surface area contributed by atoms with Crippen LogP contribution in [0.2, 0.25) is 0 Å². The van der Waals surface area contributed by atoms with Gasteiger partial charge in [-0.05, 0) is 25.0 Å². The Morgan fingerprint density at radius 1 is 0.917 bits per heavy atom. The zero-order chi connectivity index (χ0) is 16.5. The minimum Gasteiger partial charge on any atom is -0.494 e. The molecule has 1 aliphatic heterocycles. The van der Waals surface area contributed by atoms with E-state index >= 15 is 0 Å². The van der Waals surface area contributed by atoms with Gasteiger partial charge in [-0.15, -0.1) is 0 Å². The molecule has 2 aromatic rings. The highest BCUT2D eigenvalue weighted by Crippen LogP contribution is 2.22. The summed E-state index contributed by atoms with van der Waals surface area (Å²) in [7, 11) is 0. The molecule has 0 atom stereocenters. The number of nitrogens with one attached hydrogen (secondary N) is 1. The number of nitrogens with zero attached hydrogens (tertiary/aromatic N) is 3. The van der Waals surface area contributed by atoms with Crippen LogP contribution in [0.4, 0.5) is 5.82 Å². The van der Waals surface area contributed by atoms with E-state index in [2.05, 4.69) is 20.2 Å². The van der Waals surface area contributed by atoms with Crippen molar-refractivity contribution in [3.63, 3.8) is 0 Å². The molecule has 2 heterocycles. The van der Waals surface area contributed by atoms with Crippen molar-refractivity contribution in [3.8, 4) is 11.6 Å². The number of unbranched alkanes of at least 4 members (excludes halogenated alkanes) is 1. The van der Waals surface area contributed by atoms with Gasteiger partial charge in [0.05, 0.1) is 13.2 Å². The van der Waals surface area contributed by atoms with E-state index in [1.807, 2.05) is 30.3 Å². The van der Waals surface area contributed by atoms with Gasteiger partial charge < -0.3 is 19.7 Å². The predicted molar refractivity (Wildman–Crippen MR) is 93.8 cm³/mol. The normalized spacial score (nSPS) is 14.4. The fourth-order valence-electron chi connectivity index (χ4n) is 2.59. The van der Waals surface area contributed by atoms with Gasteiger partial charge in [0, 0.05) is 38.6 Å². The fourth-order valence-corrected chi connectivity index (χ4v) is 2.59. The number of hydrogen-bond acceptors (Lipinski definition) is 6. The number of rotatable bonds is 8. The van der Waals surface area contributed by atoms with Gasteiger partial charge in [-0.3, -0.25) is 0 Å². The van der Waals surface area contributed by atoms with Gasteiger partial charge >= 0.3 is 0 Å². The molecule has 1 aromatic carbocycles. The second-order valence-electron chi connectivity index (χ2n) is 5.64. The number of benzene rings is 1. The topological polar surface area (TPSA) is 59.5 Å². The molecule has 3 rings (SSSR count). The Balaban J connectivity index is 1.40. The van der Waals surface area contributed by atoms with Crippen LogP contribution in [0.5, 0.6) is 11.6 Å². The average Bonchev–Trinajstić information content (AvgIpc) is 2.66. The van der Waals surface area contributed by atoms with E-state index in [-0.39, 0.29) is 0 Å². The van der Waals surface area contributed by atoms with Crippen molar-refractivity contribution in [2.24, 2.45) is 0 Å². The standard InChI is InChI=1S/C18H24N4O2/c1-2-6-16(7-3-1)23-14-4-5-15-24-18-17(20-8-9-21-18)22-12-10-19-11-13-22/h1-3,6-9,19H,4-5,10-15H2. The third-order valence-electron chi connectivity index (χ3n) is 3.85. The van der Waals surface area contributed by atoms with Crippen molar-refractivity contribution >= 4 is 5.82 Å². The quantitative estimate of drug-likeness (QED) is 0.749. The molecule has 1 N–H and O–H groups in total. The van der Waals surface area contributed by atoms with Crippen LogP contribution in [0, 0.1) is 0 Å². The molecule has 24 heavy (non-hydrogen) atoms. The van der Waals surface area contributed by atoms with Crippen LogP contribution in [0.1, 0.15) is 12.8 Å². The molecule has 0 unspecified atom stereocenters. The molecule has 0 amide bonds. The second kappa shape index (κ2) is 9.08. The van der Waals surface area contributed by atoms with Gasteiger partial charge in [-0.1, -0.05) is 18.2 Å². The maximum atomic E-state index is 5.85. The van der Waals surface area contributed by atoms with Crippen molar-refractivity contribution in [3.05, 3.63) is 42.7 Å². The lowest BCUT2D eigenvalue weighted by Crippen LogP contribution is -2.44. The van der Waals surface area contributed by atoms with Gasteiger partial charge in [-0.2, -0.15) is 0 Å². The zero-order valence-corrected chi connectivity index (χ0v) is 13.9. The molecular weight excluding hydrogens is 304 g/mol. The highest BCUT2D eigenvalue weighted by Gasteiger charge is 2.17. The van der Waals surface area contributed by atoms with Crippen molar-refractivity contribution in [1.29, 1.82) is 0 Å². The van der Waals surface area contributed by atoms with Gasteiger partial charge in [0.2, 0.25) is 0 Å². The smallest absolute Gasteiger partial charge is 0.257 e. The van der Waals surface area contributed by atoms with E-state index in [1.165, 1.54) is 0 Å². The number of anilines is 1. The lowest BCUT2D eigenvalue weighted by molar-refractivity contribution is 0.260. The molecule has 0 aliphatic carbocycles. The van der Waals surface area contributed by atoms with Crippen LogP contribution in [0.25, 0.3) is 0 Å². The van der Waals surface area contributed by atoms with E-state index < -0.39 is 0 Å². The zero-order valence-electron chi connectivity index (χ0n) is 13.9. The molecule has 6 nitrogen and oxygen atoms in total. The number of hydrogen-bond donors (Lipinski definition) is 1. The van der Waals surface area contributed by atoms with Gasteiger partial charge in [0.15, 0.2) is 5.82 Å². The first-order valence-electron chi connectivity index (χ1n) is 8.51. The Hall–Kier alpha value is -2.34. The first kappa shape index (κ1) is 16.5. The number of aromatic nitrogens is 2. The highest BCUT2D eigenvalue weighted by atomic mass is 16.5. The summed E-state index contributed by atoms with van der Waals surface area (Å²) in [5.41, 5.74) is 0. The average molecular weight is 328 g/mol. The summed E-state index contributed by atoms with van der Waals surface area (Å²) >= 11 is 0. The van der Waals surface area contributed by atoms with Crippen LogP contribution in [-0.2, 0) is 0 Å². The monoisotopic (exact) mass is 328 g/mol. The van der Waals surface area contributed by atoms with Crippen LogP contribution in [0.3, 0.4) is 0 Å². The molecule has 6 heteroatoms. The first-order valence-corrected chi connectivity index (χ1v) is 8.51. The van der Waals surface area contributed by atoms with Gasteiger partial charge in [-0.25, -0.2) is 9.97 Å². The fraction of sp³-hybridized carbons (Fsp3) is 0.444. The minimum atomic E-state index is 0.621. The van der Waals surface area contributed by atoms with E-state index in [0.717, 1.165) is 50.6 Å². The van der Waals surface area contributed by atoms with E-state index in [1.54, 1.807) is 12.4 Å². The third kappa shape index (κ3) is 4.83. The molecule has 1 saturated heterocycles. The van der Waals surface area contributed by atoms with Crippen LogP contribution in [0.15, 0.2) is 42.7 Å². The van der Waals surface area contributed by atoms with Crippen LogP contribution >= 0.6 is 0 Å². The third-order valence-corrected chi connectivity index (χ3v) is 3.85. The predicted octanol–water partition coefficient (Wildman–Crippen LogP) is 2.12. The molecule has 0 radical (unpaired) electrons. The molecule has 128 valence electrons. The lowest BCUT2D eigenvalue weighted by atomic mass is 10.3. The van der Waals surface area contributed by atoms with Gasteiger partial charge in [0.25, 0.3) is 5.88 Å². The highest BCUT2D eigenvalue weighted by molar-refractivity contribution is 5.48. The van der Waals surface area contributed by atoms with Crippen molar-refractivity contribution < 1.29 is 9.47 Å². The Kier molecular flexibility index (Phi) is 6.25. The van der Waals surface area contributed by atoms with Crippen LogP contribution < -0.4 is 19.7 Å². The number of para-hydroxylation sites is 1. The molecule has 0 spiro atoms. The molecule has 1 fully saturated rings. The number of ether oxygens (including phenoxy) is 2. The van der Waals surface area contributed by atoms with Crippen molar-refractivity contribution in [2.45, 2.75) is 12.8 Å². The lowest BCUT2D eigenvalue weighted by Gasteiger charge is -2.28. The van der Waals surface area contributed by atoms with Crippen molar-refractivity contribution in [2.75, 3.05) is 44.3 Å². The van der Waals surface area contributed by atoms with Gasteiger partial charge in [0.1, 0.15) is 5.75 Å². The number of piperazine rings is 1. The Morgan fingerprint density at radius 2 is 1.62 bits per heavy atom.